The minimum absolute atomic E-state index is 0.0166. The van der Waals surface area contributed by atoms with Gasteiger partial charge in [-0.25, -0.2) is 4.98 Å². The Morgan fingerprint density at radius 1 is 1.11 bits per heavy atom. The van der Waals surface area contributed by atoms with Gasteiger partial charge in [0.1, 0.15) is 5.69 Å². The average molecular weight is 378 g/mol. The topological polar surface area (TPSA) is 78.1 Å². The van der Waals surface area contributed by atoms with Crippen molar-refractivity contribution in [3.05, 3.63) is 57.5 Å². The Hall–Kier alpha value is -2.63. The van der Waals surface area contributed by atoms with E-state index in [1.807, 2.05) is 4.90 Å². The third kappa shape index (κ3) is 3.68. The standard InChI is InChI=1S/C22H26N4O2/c27-19-13-18(23-22(24-19)26-11-1-2-12-26)21(28)25-20(17-9-10-17)16-7-5-15(6-8-16)14-3-4-14/h5-8,13-14,17,20H,1-4,9-12H2,(H,25,28)(H,23,24,27). The molecule has 1 amide bonds. The molecule has 5 rings (SSSR count). The van der Waals surface area contributed by atoms with Crippen molar-refractivity contribution in [1.82, 2.24) is 15.3 Å². The molecule has 1 aromatic heterocycles. The maximum Gasteiger partial charge on any atom is 0.270 e. The summed E-state index contributed by atoms with van der Waals surface area (Å²) in [5.41, 5.74) is 2.46. The number of benzene rings is 1. The molecule has 2 aromatic rings. The summed E-state index contributed by atoms with van der Waals surface area (Å²) in [7, 11) is 0. The molecule has 0 bridgehead atoms. The van der Waals surface area contributed by atoms with Crippen LogP contribution in [-0.2, 0) is 0 Å². The van der Waals surface area contributed by atoms with Crippen LogP contribution in [0.5, 0.6) is 0 Å². The Balaban J connectivity index is 1.36. The number of aromatic amines is 1. The molecule has 2 heterocycles. The molecule has 6 heteroatoms. The van der Waals surface area contributed by atoms with Crippen molar-refractivity contribution in [2.75, 3.05) is 18.0 Å². The molecule has 28 heavy (non-hydrogen) atoms. The zero-order valence-corrected chi connectivity index (χ0v) is 16.0. The number of H-pyrrole nitrogens is 1. The molecule has 146 valence electrons. The van der Waals surface area contributed by atoms with E-state index in [1.165, 1.54) is 24.5 Å². The number of rotatable bonds is 6. The first-order chi connectivity index (χ1) is 13.7. The lowest BCUT2D eigenvalue weighted by Gasteiger charge is -2.20. The largest absolute Gasteiger partial charge is 0.344 e. The highest BCUT2D eigenvalue weighted by Crippen LogP contribution is 2.43. The number of nitrogens with zero attached hydrogens (tertiary/aromatic N) is 2. The van der Waals surface area contributed by atoms with Crippen molar-refractivity contribution in [2.45, 2.75) is 50.5 Å². The van der Waals surface area contributed by atoms with Crippen molar-refractivity contribution in [3.63, 3.8) is 0 Å². The first-order valence-electron chi connectivity index (χ1n) is 10.4. The van der Waals surface area contributed by atoms with Crippen LogP contribution in [0.25, 0.3) is 0 Å². The number of aromatic nitrogens is 2. The molecule has 0 spiro atoms. The molecule has 1 atom stereocenters. The molecule has 1 saturated heterocycles. The summed E-state index contributed by atoms with van der Waals surface area (Å²) in [4.78, 5) is 34.2. The first-order valence-corrected chi connectivity index (χ1v) is 10.4. The van der Waals surface area contributed by atoms with Gasteiger partial charge in [-0.05, 0) is 61.5 Å². The molecule has 2 saturated carbocycles. The van der Waals surface area contributed by atoms with Crippen molar-refractivity contribution >= 4 is 11.9 Å². The van der Waals surface area contributed by atoms with Crippen LogP contribution in [-0.4, -0.2) is 29.0 Å². The Kier molecular flexibility index (Phi) is 4.41. The maximum absolute atomic E-state index is 12.9. The molecular weight excluding hydrogens is 352 g/mol. The van der Waals surface area contributed by atoms with Gasteiger partial charge in [0.25, 0.3) is 11.5 Å². The van der Waals surface area contributed by atoms with Gasteiger partial charge < -0.3 is 10.2 Å². The van der Waals surface area contributed by atoms with Crippen molar-refractivity contribution in [3.8, 4) is 0 Å². The smallest absolute Gasteiger partial charge is 0.270 e. The molecule has 6 nitrogen and oxygen atoms in total. The predicted molar refractivity (Wildman–Crippen MR) is 108 cm³/mol. The van der Waals surface area contributed by atoms with E-state index < -0.39 is 0 Å². The molecule has 2 aliphatic carbocycles. The summed E-state index contributed by atoms with van der Waals surface area (Å²) in [5, 5.41) is 3.15. The Bertz CT molecular complexity index is 922. The van der Waals surface area contributed by atoms with Gasteiger partial charge in [0.15, 0.2) is 0 Å². The van der Waals surface area contributed by atoms with E-state index in [1.54, 1.807) is 0 Å². The Labute approximate surface area is 164 Å². The zero-order valence-electron chi connectivity index (χ0n) is 16.0. The number of nitrogens with one attached hydrogen (secondary N) is 2. The number of carbonyl (C=O) groups is 1. The van der Waals surface area contributed by atoms with Crippen LogP contribution in [0.1, 0.15) is 72.1 Å². The summed E-state index contributed by atoms with van der Waals surface area (Å²) in [5.74, 6) is 1.43. The van der Waals surface area contributed by atoms with Crippen LogP contribution in [0.3, 0.4) is 0 Å². The number of hydrogen-bond donors (Lipinski definition) is 2. The molecule has 3 fully saturated rings. The average Bonchev–Trinajstić information content (AvgIpc) is 3.64. The lowest BCUT2D eigenvalue weighted by atomic mass is 9.99. The molecule has 1 aliphatic heterocycles. The summed E-state index contributed by atoms with van der Waals surface area (Å²) in [6, 6.07) is 9.99. The Morgan fingerprint density at radius 3 is 2.46 bits per heavy atom. The van der Waals surface area contributed by atoms with E-state index in [2.05, 4.69) is 39.6 Å². The highest BCUT2D eigenvalue weighted by molar-refractivity contribution is 5.92. The van der Waals surface area contributed by atoms with Crippen LogP contribution in [0.15, 0.2) is 35.1 Å². The first kappa shape index (κ1) is 17.5. The maximum atomic E-state index is 12.9. The van der Waals surface area contributed by atoms with Crippen molar-refractivity contribution < 1.29 is 4.79 Å². The summed E-state index contributed by atoms with van der Waals surface area (Å²) in [6.07, 6.45) is 6.99. The van der Waals surface area contributed by atoms with Gasteiger partial charge in [-0.1, -0.05) is 24.3 Å². The van der Waals surface area contributed by atoms with E-state index in [4.69, 9.17) is 0 Å². The fourth-order valence-corrected chi connectivity index (χ4v) is 4.15. The van der Waals surface area contributed by atoms with E-state index in [-0.39, 0.29) is 23.2 Å². The lowest BCUT2D eigenvalue weighted by molar-refractivity contribution is 0.0926. The van der Waals surface area contributed by atoms with Gasteiger partial charge in [0.05, 0.1) is 6.04 Å². The fraction of sp³-hybridized carbons (Fsp3) is 0.500. The fourth-order valence-electron chi connectivity index (χ4n) is 4.15. The van der Waals surface area contributed by atoms with Crippen LogP contribution in [0, 0.1) is 5.92 Å². The molecule has 3 aliphatic rings. The van der Waals surface area contributed by atoms with Crippen molar-refractivity contribution in [2.24, 2.45) is 5.92 Å². The second-order valence-corrected chi connectivity index (χ2v) is 8.38. The SMILES string of the molecule is O=C(NC(c1ccc(C2CC2)cc1)C1CC1)c1cc(=O)[nH]c(N2CCCC2)n1. The number of carbonyl (C=O) groups excluding carboxylic acids is 1. The quantitative estimate of drug-likeness (QED) is 0.810. The van der Waals surface area contributed by atoms with Gasteiger partial charge in [0.2, 0.25) is 5.95 Å². The second kappa shape index (κ2) is 7.08. The monoisotopic (exact) mass is 378 g/mol. The summed E-state index contributed by atoms with van der Waals surface area (Å²) in [6.45, 7) is 1.73. The highest BCUT2D eigenvalue weighted by Gasteiger charge is 2.34. The normalized spacial score (nSPS) is 20.2. The van der Waals surface area contributed by atoms with Gasteiger partial charge in [-0.15, -0.1) is 0 Å². The van der Waals surface area contributed by atoms with Crippen LogP contribution in [0.2, 0.25) is 0 Å². The summed E-state index contributed by atoms with van der Waals surface area (Å²) < 4.78 is 0. The zero-order chi connectivity index (χ0) is 19.1. The molecule has 2 N–H and O–H groups in total. The predicted octanol–water partition coefficient (Wildman–Crippen LogP) is 3.13. The highest BCUT2D eigenvalue weighted by atomic mass is 16.2. The van der Waals surface area contributed by atoms with E-state index in [9.17, 15) is 9.59 Å². The van der Waals surface area contributed by atoms with E-state index >= 15 is 0 Å². The van der Waals surface area contributed by atoms with Gasteiger partial charge in [0, 0.05) is 19.2 Å². The third-order valence-electron chi connectivity index (χ3n) is 6.09. The van der Waals surface area contributed by atoms with Crippen LogP contribution >= 0.6 is 0 Å². The van der Waals surface area contributed by atoms with Crippen molar-refractivity contribution in [1.29, 1.82) is 0 Å². The third-order valence-corrected chi connectivity index (χ3v) is 6.09. The number of hydrogen-bond acceptors (Lipinski definition) is 4. The Morgan fingerprint density at radius 2 is 1.82 bits per heavy atom. The van der Waals surface area contributed by atoms with Gasteiger partial charge >= 0.3 is 0 Å². The van der Waals surface area contributed by atoms with Gasteiger partial charge in [-0.3, -0.25) is 14.6 Å². The molecule has 0 radical (unpaired) electrons. The lowest BCUT2D eigenvalue weighted by Crippen LogP contribution is -2.33. The minimum Gasteiger partial charge on any atom is -0.344 e. The van der Waals surface area contributed by atoms with E-state index in [0.29, 0.717) is 11.9 Å². The van der Waals surface area contributed by atoms with Crippen LogP contribution < -0.4 is 15.8 Å². The number of amides is 1. The van der Waals surface area contributed by atoms with E-state index in [0.717, 1.165) is 50.3 Å². The summed E-state index contributed by atoms with van der Waals surface area (Å²) >= 11 is 0. The van der Waals surface area contributed by atoms with Crippen LogP contribution in [0.4, 0.5) is 5.95 Å². The number of anilines is 1. The molecule has 1 aromatic carbocycles. The minimum atomic E-state index is -0.279. The second-order valence-electron chi connectivity index (χ2n) is 8.38. The van der Waals surface area contributed by atoms with Gasteiger partial charge in [-0.2, -0.15) is 0 Å². The molecule has 1 unspecified atom stereocenters. The molecular formula is C22H26N4O2.